The maximum Gasteiger partial charge on any atom is 0.309 e. The fourth-order valence-corrected chi connectivity index (χ4v) is 2.21. The Bertz CT molecular complexity index is 310. The van der Waals surface area contributed by atoms with E-state index in [1.54, 1.807) is 0 Å². The van der Waals surface area contributed by atoms with Crippen LogP contribution >= 0.6 is 0 Å². The average molecular weight is 272 g/mol. The van der Waals surface area contributed by atoms with Crippen molar-refractivity contribution in [3.8, 4) is 0 Å². The molecule has 5 nitrogen and oxygen atoms in total. The van der Waals surface area contributed by atoms with E-state index in [0.29, 0.717) is 25.7 Å². The van der Waals surface area contributed by atoms with Crippen molar-refractivity contribution in [1.29, 1.82) is 0 Å². The summed E-state index contributed by atoms with van der Waals surface area (Å²) in [5, 5.41) is 8.60. The third kappa shape index (κ3) is 5.59. The van der Waals surface area contributed by atoms with Gasteiger partial charge < -0.3 is 14.6 Å². The minimum Gasteiger partial charge on any atom is -0.463 e. The van der Waals surface area contributed by atoms with Gasteiger partial charge in [-0.2, -0.15) is 0 Å². The van der Waals surface area contributed by atoms with Crippen molar-refractivity contribution in [2.45, 2.75) is 52.1 Å². The van der Waals surface area contributed by atoms with Crippen molar-refractivity contribution in [2.24, 2.45) is 11.8 Å². The van der Waals surface area contributed by atoms with Gasteiger partial charge in [0.05, 0.1) is 18.4 Å². The van der Waals surface area contributed by atoms with Crippen molar-refractivity contribution in [3.05, 3.63) is 0 Å². The molecule has 0 aromatic heterocycles. The number of esters is 2. The zero-order valence-corrected chi connectivity index (χ0v) is 12.0. The average Bonchev–Trinajstić information content (AvgIpc) is 2.34. The molecule has 0 amide bonds. The van der Waals surface area contributed by atoms with E-state index < -0.39 is 5.60 Å². The Morgan fingerprint density at radius 2 is 1.53 bits per heavy atom. The largest absolute Gasteiger partial charge is 0.463 e. The first kappa shape index (κ1) is 16.0. The SMILES string of the molecule is CC(C)(C)OC(=O)C1CCC(C(=O)OCCO)CC1. The van der Waals surface area contributed by atoms with E-state index in [0.717, 1.165) is 0 Å². The third-order valence-corrected chi connectivity index (χ3v) is 3.14. The van der Waals surface area contributed by atoms with Crippen molar-refractivity contribution < 1.29 is 24.2 Å². The third-order valence-electron chi connectivity index (χ3n) is 3.14. The number of hydrogen-bond donors (Lipinski definition) is 1. The molecule has 0 aliphatic heterocycles. The van der Waals surface area contributed by atoms with Gasteiger partial charge in [-0.25, -0.2) is 0 Å². The van der Waals surface area contributed by atoms with Crippen LogP contribution in [-0.4, -0.2) is 35.9 Å². The van der Waals surface area contributed by atoms with Crippen LogP contribution in [0.25, 0.3) is 0 Å². The predicted molar refractivity (Wildman–Crippen MR) is 69.3 cm³/mol. The van der Waals surface area contributed by atoms with E-state index in [1.807, 2.05) is 20.8 Å². The van der Waals surface area contributed by atoms with Gasteiger partial charge in [0.15, 0.2) is 0 Å². The molecule has 0 atom stereocenters. The van der Waals surface area contributed by atoms with Crippen molar-refractivity contribution in [1.82, 2.24) is 0 Å². The molecule has 0 saturated heterocycles. The van der Waals surface area contributed by atoms with Crippen LogP contribution in [0, 0.1) is 11.8 Å². The number of aliphatic hydroxyl groups is 1. The van der Waals surface area contributed by atoms with Gasteiger partial charge in [0.25, 0.3) is 0 Å². The Balaban J connectivity index is 2.36. The Morgan fingerprint density at radius 3 is 1.95 bits per heavy atom. The summed E-state index contributed by atoms with van der Waals surface area (Å²) in [7, 11) is 0. The molecule has 1 aliphatic carbocycles. The Morgan fingerprint density at radius 1 is 1.05 bits per heavy atom. The zero-order valence-electron chi connectivity index (χ0n) is 12.0. The van der Waals surface area contributed by atoms with Crippen molar-refractivity contribution in [3.63, 3.8) is 0 Å². The van der Waals surface area contributed by atoms with E-state index in [9.17, 15) is 9.59 Å². The maximum atomic E-state index is 11.9. The molecule has 0 bridgehead atoms. The maximum absolute atomic E-state index is 11.9. The Hall–Kier alpha value is -1.10. The summed E-state index contributed by atoms with van der Waals surface area (Å²) in [6.45, 7) is 5.44. The molecule has 0 aromatic carbocycles. The lowest BCUT2D eigenvalue weighted by Gasteiger charge is -2.28. The van der Waals surface area contributed by atoms with Gasteiger partial charge in [-0.05, 0) is 46.5 Å². The second-order valence-electron chi connectivity index (χ2n) is 5.97. The molecule has 0 radical (unpaired) electrons. The summed E-state index contributed by atoms with van der Waals surface area (Å²) in [6.07, 6.45) is 2.62. The van der Waals surface area contributed by atoms with Crippen LogP contribution < -0.4 is 0 Å². The van der Waals surface area contributed by atoms with Crippen LogP contribution in [0.5, 0.6) is 0 Å². The van der Waals surface area contributed by atoms with Crippen LogP contribution in [0.15, 0.2) is 0 Å². The fraction of sp³-hybridized carbons (Fsp3) is 0.857. The molecule has 1 rings (SSSR count). The minimum atomic E-state index is -0.464. The number of hydrogen-bond acceptors (Lipinski definition) is 5. The standard InChI is InChI=1S/C14H24O5/c1-14(2,3)19-13(17)11-6-4-10(5-7-11)12(16)18-9-8-15/h10-11,15H,4-9H2,1-3H3. The number of carbonyl (C=O) groups is 2. The molecule has 0 spiro atoms. The van der Waals surface area contributed by atoms with E-state index in [-0.39, 0.29) is 37.0 Å². The lowest BCUT2D eigenvalue weighted by molar-refractivity contribution is -0.163. The second-order valence-corrected chi connectivity index (χ2v) is 5.97. The van der Waals surface area contributed by atoms with E-state index in [1.165, 1.54) is 0 Å². The minimum absolute atomic E-state index is 0.0465. The molecule has 19 heavy (non-hydrogen) atoms. The number of carbonyl (C=O) groups excluding carboxylic acids is 2. The highest BCUT2D eigenvalue weighted by molar-refractivity contribution is 5.75. The van der Waals surface area contributed by atoms with Crippen LogP contribution in [-0.2, 0) is 19.1 Å². The molecule has 5 heteroatoms. The van der Waals surface area contributed by atoms with Crippen molar-refractivity contribution >= 4 is 11.9 Å². The van der Waals surface area contributed by atoms with Gasteiger partial charge in [0, 0.05) is 0 Å². The van der Waals surface area contributed by atoms with Crippen molar-refractivity contribution in [2.75, 3.05) is 13.2 Å². The molecule has 110 valence electrons. The molecule has 0 heterocycles. The number of aliphatic hydroxyl groups excluding tert-OH is 1. The van der Waals surface area contributed by atoms with Crippen LogP contribution in [0.4, 0.5) is 0 Å². The van der Waals surface area contributed by atoms with Crippen LogP contribution in [0.2, 0.25) is 0 Å². The monoisotopic (exact) mass is 272 g/mol. The predicted octanol–water partition coefficient (Wildman–Crippen LogP) is 1.67. The normalized spacial score (nSPS) is 23.8. The first-order valence-corrected chi connectivity index (χ1v) is 6.84. The molecule has 0 unspecified atom stereocenters. The van der Waals surface area contributed by atoms with Gasteiger partial charge in [0.2, 0.25) is 0 Å². The van der Waals surface area contributed by atoms with Gasteiger partial charge in [-0.1, -0.05) is 0 Å². The fourth-order valence-electron chi connectivity index (χ4n) is 2.21. The summed E-state index contributed by atoms with van der Waals surface area (Å²) in [5.74, 6) is -0.697. The quantitative estimate of drug-likeness (QED) is 0.788. The van der Waals surface area contributed by atoms with E-state index in [4.69, 9.17) is 14.6 Å². The van der Waals surface area contributed by atoms with Gasteiger partial charge in [-0.3, -0.25) is 9.59 Å². The Labute approximate surface area is 114 Å². The van der Waals surface area contributed by atoms with E-state index >= 15 is 0 Å². The lowest BCUT2D eigenvalue weighted by Crippen LogP contribution is -2.32. The van der Waals surface area contributed by atoms with Gasteiger partial charge in [0.1, 0.15) is 12.2 Å². The summed E-state index contributed by atoms with van der Waals surface area (Å²) in [5.41, 5.74) is -0.464. The lowest BCUT2D eigenvalue weighted by atomic mass is 9.82. The highest BCUT2D eigenvalue weighted by Gasteiger charge is 2.33. The highest BCUT2D eigenvalue weighted by Crippen LogP contribution is 2.31. The molecule has 1 N–H and O–H groups in total. The first-order chi connectivity index (χ1) is 8.83. The topological polar surface area (TPSA) is 72.8 Å². The smallest absolute Gasteiger partial charge is 0.309 e. The molecule has 1 saturated carbocycles. The Kier molecular flexibility index (Phi) is 5.79. The van der Waals surface area contributed by atoms with Gasteiger partial charge in [-0.15, -0.1) is 0 Å². The second kappa shape index (κ2) is 6.89. The summed E-state index contributed by atoms with van der Waals surface area (Å²) < 4.78 is 10.3. The van der Waals surface area contributed by atoms with Crippen LogP contribution in [0.1, 0.15) is 46.5 Å². The molecule has 0 aromatic rings. The van der Waals surface area contributed by atoms with E-state index in [2.05, 4.69) is 0 Å². The number of ether oxygens (including phenoxy) is 2. The molecular formula is C14H24O5. The molecular weight excluding hydrogens is 248 g/mol. The summed E-state index contributed by atoms with van der Waals surface area (Å²) in [6, 6.07) is 0. The van der Waals surface area contributed by atoms with Gasteiger partial charge >= 0.3 is 11.9 Å². The van der Waals surface area contributed by atoms with Crippen LogP contribution in [0.3, 0.4) is 0 Å². The molecule has 1 aliphatic rings. The zero-order chi connectivity index (χ0) is 14.5. The highest BCUT2D eigenvalue weighted by atomic mass is 16.6. The summed E-state index contributed by atoms with van der Waals surface area (Å²) in [4.78, 5) is 23.5. The number of rotatable bonds is 4. The molecule has 1 fully saturated rings. The first-order valence-electron chi connectivity index (χ1n) is 6.84. The summed E-state index contributed by atoms with van der Waals surface area (Å²) >= 11 is 0.